The Bertz CT molecular complexity index is 1140. The number of ether oxygens (including phenoxy) is 4. The molecular formula is C33H48O9. The van der Waals surface area contributed by atoms with Gasteiger partial charge in [-0.1, -0.05) is 51.2 Å². The summed E-state index contributed by atoms with van der Waals surface area (Å²) < 4.78 is 25.4. The summed E-state index contributed by atoms with van der Waals surface area (Å²) in [5.41, 5.74) is -0.160. The van der Waals surface area contributed by atoms with Crippen molar-refractivity contribution in [1.82, 2.24) is 0 Å². The third-order valence-electron chi connectivity index (χ3n) is 10.00. The van der Waals surface area contributed by atoms with E-state index >= 15 is 0 Å². The fourth-order valence-corrected chi connectivity index (χ4v) is 7.49. The van der Waals surface area contributed by atoms with Crippen LogP contribution >= 0.6 is 0 Å². The summed E-state index contributed by atoms with van der Waals surface area (Å²) >= 11 is 0. The lowest BCUT2D eigenvalue weighted by Crippen LogP contribution is -2.58. The van der Waals surface area contributed by atoms with Gasteiger partial charge in [0.15, 0.2) is 5.79 Å². The number of rotatable bonds is 2. The first-order valence-electron chi connectivity index (χ1n) is 15.5. The van der Waals surface area contributed by atoms with E-state index in [-0.39, 0.29) is 31.3 Å². The summed E-state index contributed by atoms with van der Waals surface area (Å²) in [4.78, 5) is 13.9. The van der Waals surface area contributed by atoms with E-state index in [9.17, 15) is 25.2 Å². The molecule has 4 heterocycles. The second-order valence-electron chi connectivity index (χ2n) is 13.4. The molecule has 0 aromatic rings. The van der Waals surface area contributed by atoms with Gasteiger partial charge in [0.2, 0.25) is 0 Å². The van der Waals surface area contributed by atoms with E-state index < -0.39 is 53.6 Å². The van der Waals surface area contributed by atoms with E-state index in [1.54, 1.807) is 31.2 Å². The van der Waals surface area contributed by atoms with Crippen molar-refractivity contribution in [1.29, 1.82) is 0 Å². The molecule has 4 N–H and O–H groups in total. The van der Waals surface area contributed by atoms with E-state index in [1.165, 1.54) is 0 Å². The fraction of sp³-hybridized carbons (Fsp3) is 0.727. The van der Waals surface area contributed by atoms with Crippen LogP contribution in [-0.2, 0) is 23.7 Å². The molecule has 0 unspecified atom stereocenters. The number of carbonyl (C=O) groups is 1. The van der Waals surface area contributed by atoms with Gasteiger partial charge in [-0.15, -0.1) is 0 Å². The molecule has 1 aliphatic carbocycles. The molecule has 0 aromatic carbocycles. The van der Waals surface area contributed by atoms with Gasteiger partial charge >= 0.3 is 5.97 Å². The maximum atomic E-state index is 13.9. The first kappa shape index (κ1) is 31.6. The summed E-state index contributed by atoms with van der Waals surface area (Å²) in [5.74, 6) is -2.51. The van der Waals surface area contributed by atoms with Crippen LogP contribution in [0.25, 0.3) is 0 Å². The minimum atomic E-state index is -1.82. The predicted molar refractivity (Wildman–Crippen MR) is 155 cm³/mol. The minimum Gasteiger partial charge on any atom is -0.462 e. The van der Waals surface area contributed by atoms with Crippen molar-refractivity contribution < 1.29 is 44.2 Å². The van der Waals surface area contributed by atoms with Crippen molar-refractivity contribution in [3.8, 4) is 0 Å². The van der Waals surface area contributed by atoms with Gasteiger partial charge in [-0.3, -0.25) is 4.79 Å². The molecular weight excluding hydrogens is 540 g/mol. The normalized spacial score (nSPS) is 48.0. The SMILES string of the molecule is CC1=C[C@H]2C(=O)O[C@H]3C[C@@H](C/C=C(\C)[C@H](O)[C@@H](CO)/C=C/C=C4\CO[C@H]([C@@H]1O)[C@@]42O)O[C@@]1(CC[C@H](C)[C@@H](C(C)C)O1)C3. The molecule has 2 bridgehead atoms. The van der Waals surface area contributed by atoms with Gasteiger partial charge < -0.3 is 39.4 Å². The van der Waals surface area contributed by atoms with Crippen molar-refractivity contribution in [2.24, 2.45) is 23.7 Å². The van der Waals surface area contributed by atoms with Crippen LogP contribution in [0, 0.1) is 23.7 Å². The van der Waals surface area contributed by atoms with Gasteiger partial charge in [0, 0.05) is 25.2 Å². The van der Waals surface area contributed by atoms with Crippen molar-refractivity contribution >= 4 is 5.97 Å². The fourth-order valence-electron chi connectivity index (χ4n) is 7.49. The molecule has 0 saturated carbocycles. The van der Waals surface area contributed by atoms with Gasteiger partial charge in [-0.25, -0.2) is 0 Å². The maximum Gasteiger partial charge on any atom is 0.316 e. The molecule has 42 heavy (non-hydrogen) atoms. The van der Waals surface area contributed by atoms with Crippen LogP contribution in [-0.4, -0.2) is 87.6 Å². The van der Waals surface area contributed by atoms with Gasteiger partial charge in [0.25, 0.3) is 0 Å². The second kappa shape index (κ2) is 12.3. The van der Waals surface area contributed by atoms with E-state index in [4.69, 9.17) is 18.9 Å². The molecule has 9 nitrogen and oxygen atoms in total. The van der Waals surface area contributed by atoms with Crippen LogP contribution < -0.4 is 0 Å². The smallest absolute Gasteiger partial charge is 0.316 e. The molecule has 3 saturated heterocycles. The molecule has 5 aliphatic rings. The van der Waals surface area contributed by atoms with E-state index in [0.29, 0.717) is 48.3 Å². The number of carbonyl (C=O) groups excluding carboxylic acids is 1. The standard InChI is InChI=1S/C33H48O9/c1-18(2)29-20(4)11-12-32(42-29)15-25-14-24(41-32)10-9-19(3)27(35)22(16-34)7-6-8-23-17-39-30-28(36)21(5)13-26(31(37)40-25)33(23,30)38/h6-9,13,18,20,22,24-30,34-36,38H,10-12,14-17H2,1-5H3/b7-6+,19-9+,23-8+/t20-,22+,24+,25-,26-,27-,28+,29+,30+,32+,33+/m0/s1. The molecule has 234 valence electrons. The Labute approximate surface area is 248 Å². The van der Waals surface area contributed by atoms with Crippen molar-refractivity contribution in [2.75, 3.05) is 13.2 Å². The quantitative estimate of drug-likeness (QED) is 0.284. The first-order valence-corrected chi connectivity index (χ1v) is 15.5. The summed E-state index contributed by atoms with van der Waals surface area (Å²) in [6.07, 6.45) is 7.47. The predicted octanol–water partition coefficient (Wildman–Crippen LogP) is 3.11. The van der Waals surface area contributed by atoms with Crippen LogP contribution in [0.5, 0.6) is 0 Å². The number of hydrogen-bond acceptors (Lipinski definition) is 9. The Morgan fingerprint density at radius 2 is 1.86 bits per heavy atom. The highest BCUT2D eigenvalue weighted by molar-refractivity contribution is 5.78. The molecule has 0 radical (unpaired) electrons. The monoisotopic (exact) mass is 588 g/mol. The van der Waals surface area contributed by atoms with Crippen LogP contribution in [0.2, 0.25) is 0 Å². The van der Waals surface area contributed by atoms with Crippen LogP contribution in [0.1, 0.15) is 66.7 Å². The third-order valence-corrected chi connectivity index (χ3v) is 10.00. The number of fused-ring (bicyclic) bond motifs is 2. The number of allylic oxidation sites excluding steroid dienone is 2. The number of esters is 1. The minimum absolute atomic E-state index is 0.00173. The maximum absolute atomic E-state index is 13.9. The van der Waals surface area contributed by atoms with Gasteiger partial charge in [-0.2, -0.15) is 0 Å². The second-order valence-corrected chi connectivity index (χ2v) is 13.4. The Kier molecular flexibility index (Phi) is 9.22. The highest BCUT2D eigenvalue weighted by Gasteiger charge is 2.60. The first-order chi connectivity index (χ1) is 19.9. The topological polar surface area (TPSA) is 135 Å². The van der Waals surface area contributed by atoms with Crippen molar-refractivity contribution in [3.63, 3.8) is 0 Å². The number of aliphatic hydroxyl groups is 4. The molecule has 0 amide bonds. The van der Waals surface area contributed by atoms with Gasteiger partial charge in [0.05, 0.1) is 31.5 Å². The Balaban J connectivity index is 1.54. The van der Waals surface area contributed by atoms with Crippen LogP contribution in [0.15, 0.2) is 47.1 Å². The highest BCUT2D eigenvalue weighted by atomic mass is 16.7. The van der Waals surface area contributed by atoms with Gasteiger partial charge in [0.1, 0.15) is 29.8 Å². The lowest BCUT2D eigenvalue weighted by Gasteiger charge is -2.50. The highest BCUT2D eigenvalue weighted by Crippen LogP contribution is 2.47. The summed E-state index contributed by atoms with van der Waals surface area (Å²) in [5, 5.41) is 44.1. The molecule has 9 heteroatoms. The lowest BCUT2D eigenvalue weighted by atomic mass is 9.71. The van der Waals surface area contributed by atoms with Crippen molar-refractivity contribution in [2.45, 2.75) is 115 Å². The molecule has 1 spiro atoms. The number of aliphatic hydroxyl groups excluding tert-OH is 3. The lowest BCUT2D eigenvalue weighted by molar-refractivity contribution is -0.340. The van der Waals surface area contributed by atoms with E-state index in [1.807, 2.05) is 13.0 Å². The summed E-state index contributed by atoms with van der Waals surface area (Å²) in [7, 11) is 0. The largest absolute Gasteiger partial charge is 0.462 e. The molecule has 11 atom stereocenters. The Morgan fingerprint density at radius 3 is 2.57 bits per heavy atom. The third kappa shape index (κ3) is 5.82. The average molecular weight is 589 g/mol. The summed E-state index contributed by atoms with van der Waals surface area (Å²) in [6.45, 7) is 9.75. The molecule has 3 fully saturated rings. The van der Waals surface area contributed by atoms with Crippen LogP contribution in [0.4, 0.5) is 0 Å². The van der Waals surface area contributed by atoms with E-state index in [2.05, 4.69) is 20.8 Å². The average Bonchev–Trinajstić information content (AvgIpc) is 3.29. The van der Waals surface area contributed by atoms with Crippen molar-refractivity contribution in [3.05, 3.63) is 47.1 Å². The molecule has 5 rings (SSSR count). The van der Waals surface area contributed by atoms with E-state index in [0.717, 1.165) is 6.42 Å². The van der Waals surface area contributed by atoms with Gasteiger partial charge in [-0.05, 0) is 55.2 Å². The number of hydrogen-bond donors (Lipinski definition) is 4. The molecule has 4 aliphatic heterocycles. The molecule has 0 aromatic heterocycles. The summed E-state index contributed by atoms with van der Waals surface area (Å²) in [6, 6.07) is 0. The zero-order valence-corrected chi connectivity index (χ0v) is 25.4. The zero-order chi connectivity index (χ0) is 30.4. The zero-order valence-electron chi connectivity index (χ0n) is 25.4. The Hall–Kier alpha value is -1.85. The Morgan fingerprint density at radius 1 is 1.10 bits per heavy atom. The van der Waals surface area contributed by atoms with Crippen LogP contribution in [0.3, 0.4) is 0 Å².